The Bertz CT molecular complexity index is 475. The van der Waals surface area contributed by atoms with E-state index in [1.807, 2.05) is 19.1 Å². The molecule has 1 amide bonds. The molecule has 4 heteroatoms. The van der Waals surface area contributed by atoms with Crippen molar-refractivity contribution in [3.8, 4) is 11.8 Å². The van der Waals surface area contributed by atoms with Gasteiger partial charge in [-0.2, -0.15) is 0 Å². The van der Waals surface area contributed by atoms with Crippen molar-refractivity contribution in [2.24, 2.45) is 11.7 Å². The first kappa shape index (κ1) is 15.2. The van der Waals surface area contributed by atoms with E-state index in [0.29, 0.717) is 25.3 Å². The van der Waals surface area contributed by atoms with E-state index >= 15 is 0 Å². The molecule has 0 aliphatic carbocycles. The molecule has 0 heterocycles. The van der Waals surface area contributed by atoms with E-state index < -0.39 is 0 Å². The predicted octanol–water partition coefficient (Wildman–Crippen LogP) is 1.01. The monoisotopic (exact) mass is 260 g/mol. The number of hydrogen-bond donors (Lipinski definition) is 2. The number of benzene rings is 1. The summed E-state index contributed by atoms with van der Waals surface area (Å²) in [5.41, 5.74) is 6.72. The van der Waals surface area contributed by atoms with Crippen LogP contribution in [0.5, 0.6) is 0 Å². The Morgan fingerprint density at radius 3 is 3.00 bits per heavy atom. The van der Waals surface area contributed by atoms with Gasteiger partial charge in [0, 0.05) is 24.8 Å². The number of rotatable bonds is 5. The number of ether oxygens (including phenoxy) is 1. The van der Waals surface area contributed by atoms with Crippen molar-refractivity contribution >= 4 is 5.91 Å². The van der Waals surface area contributed by atoms with E-state index in [1.54, 1.807) is 19.2 Å². The van der Waals surface area contributed by atoms with Crippen LogP contribution in [0.2, 0.25) is 0 Å². The summed E-state index contributed by atoms with van der Waals surface area (Å²) in [7, 11) is 1.65. The predicted molar refractivity (Wildman–Crippen MR) is 75.7 cm³/mol. The van der Waals surface area contributed by atoms with Gasteiger partial charge in [-0.15, -0.1) is 0 Å². The summed E-state index contributed by atoms with van der Waals surface area (Å²) in [6.45, 7) is 3.55. The standard InChI is InChI=1S/C15H20N2O2/c1-12(11-19-2)10-17-15(18)14-7-3-5-13(9-14)6-4-8-16/h3,5,7,9,12H,8,10-11,16H2,1-2H3,(H,17,18). The van der Waals surface area contributed by atoms with Crippen LogP contribution in [0.1, 0.15) is 22.8 Å². The molecule has 1 aromatic carbocycles. The van der Waals surface area contributed by atoms with Crippen LogP contribution >= 0.6 is 0 Å². The Labute approximate surface area is 114 Å². The summed E-state index contributed by atoms with van der Waals surface area (Å²) < 4.78 is 5.02. The molecule has 0 bridgehead atoms. The van der Waals surface area contributed by atoms with Crippen molar-refractivity contribution in [1.82, 2.24) is 5.32 Å². The molecule has 0 spiro atoms. The van der Waals surface area contributed by atoms with Crippen LogP contribution in [-0.2, 0) is 4.74 Å². The molecule has 19 heavy (non-hydrogen) atoms. The number of nitrogens with two attached hydrogens (primary N) is 1. The van der Waals surface area contributed by atoms with Gasteiger partial charge in [0.15, 0.2) is 0 Å². The fourth-order valence-corrected chi connectivity index (χ4v) is 1.60. The largest absolute Gasteiger partial charge is 0.384 e. The molecule has 0 aliphatic rings. The minimum absolute atomic E-state index is 0.0978. The highest BCUT2D eigenvalue weighted by Gasteiger charge is 2.07. The Kier molecular flexibility index (Phi) is 6.65. The minimum atomic E-state index is -0.0978. The van der Waals surface area contributed by atoms with Gasteiger partial charge in [-0.3, -0.25) is 4.79 Å². The van der Waals surface area contributed by atoms with E-state index in [0.717, 1.165) is 5.56 Å². The third-order valence-electron chi connectivity index (χ3n) is 2.52. The van der Waals surface area contributed by atoms with Crippen molar-refractivity contribution in [2.45, 2.75) is 6.92 Å². The SMILES string of the molecule is COCC(C)CNC(=O)c1cccc(C#CCN)c1. The lowest BCUT2D eigenvalue weighted by Gasteiger charge is -2.11. The van der Waals surface area contributed by atoms with Crippen LogP contribution in [0.25, 0.3) is 0 Å². The molecule has 0 aliphatic heterocycles. The van der Waals surface area contributed by atoms with Crippen LogP contribution in [0.4, 0.5) is 0 Å². The summed E-state index contributed by atoms with van der Waals surface area (Å²) in [6, 6.07) is 7.20. The zero-order chi connectivity index (χ0) is 14.1. The molecule has 1 aromatic rings. The Hall–Kier alpha value is -1.83. The number of hydrogen-bond acceptors (Lipinski definition) is 3. The zero-order valence-corrected chi connectivity index (χ0v) is 11.4. The molecule has 0 fully saturated rings. The highest BCUT2D eigenvalue weighted by Crippen LogP contribution is 2.04. The van der Waals surface area contributed by atoms with Crippen molar-refractivity contribution in [1.29, 1.82) is 0 Å². The summed E-state index contributed by atoms with van der Waals surface area (Å²) in [4.78, 5) is 12.0. The molecular weight excluding hydrogens is 240 g/mol. The van der Waals surface area contributed by atoms with E-state index in [-0.39, 0.29) is 11.8 Å². The van der Waals surface area contributed by atoms with Gasteiger partial charge in [0.2, 0.25) is 0 Å². The van der Waals surface area contributed by atoms with Gasteiger partial charge in [-0.1, -0.05) is 24.8 Å². The molecule has 3 N–H and O–H groups in total. The third kappa shape index (κ3) is 5.56. The lowest BCUT2D eigenvalue weighted by molar-refractivity contribution is 0.0934. The molecule has 0 aromatic heterocycles. The van der Waals surface area contributed by atoms with Crippen molar-refractivity contribution in [3.05, 3.63) is 35.4 Å². The highest BCUT2D eigenvalue weighted by atomic mass is 16.5. The maximum atomic E-state index is 12.0. The van der Waals surface area contributed by atoms with Crippen LogP contribution in [0, 0.1) is 17.8 Å². The van der Waals surface area contributed by atoms with Gasteiger partial charge < -0.3 is 15.8 Å². The zero-order valence-electron chi connectivity index (χ0n) is 11.4. The average molecular weight is 260 g/mol. The van der Waals surface area contributed by atoms with Gasteiger partial charge in [0.1, 0.15) is 0 Å². The number of nitrogens with one attached hydrogen (secondary N) is 1. The van der Waals surface area contributed by atoms with Gasteiger partial charge in [-0.25, -0.2) is 0 Å². The van der Waals surface area contributed by atoms with Gasteiger partial charge in [0.25, 0.3) is 5.91 Å². The van der Waals surface area contributed by atoms with Gasteiger partial charge in [0.05, 0.1) is 13.2 Å². The average Bonchev–Trinajstić information content (AvgIpc) is 2.43. The first-order valence-corrected chi connectivity index (χ1v) is 6.23. The third-order valence-corrected chi connectivity index (χ3v) is 2.52. The normalized spacial score (nSPS) is 11.3. The van der Waals surface area contributed by atoms with Gasteiger partial charge in [-0.05, 0) is 24.1 Å². The second kappa shape index (κ2) is 8.30. The molecule has 1 atom stereocenters. The fraction of sp³-hybridized carbons (Fsp3) is 0.400. The quantitative estimate of drug-likeness (QED) is 0.777. The molecule has 1 rings (SSSR count). The van der Waals surface area contributed by atoms with Crippen molar-refractivity contribution < 1.29 is 9.53 Å². The molecule has 1 unspecified atom stereocenters. The highest BCUT2D eigenvalue weighted by molar-refractivity contribution is 5.94. The fourth-order valence-electron chi connectivity index (χ4n) is 1.60. The molecule has 0 radical (unpaired) electrons. The molecule has 0 saturated heterocycles. The minimum Gasteiger partial charge on any atom is -0.384 e. The Morgan fingerprint density at radius 1 is 1.53 bits per heavy atom. The number of amides is 1. The molecular formula is C15H20N2O2. The number of methoxy groups -OCH3 is 1. The van der Waals surface area contributed by atoms with E-state index in [4.69, 9.17) is 10.5 Å². The summed E-state index contributed by atoms with van der Waals surface area (Å²) in [6.07, 6.45) is 0. The number of carbonyl (C=O) groups excluding carboxylic acids is 1. The summed E-state index contributed by atoms with van der Waals surface area (Å²) >= 11 is 0. The van der Waals surface area contributed by atoms with Crippen LogP contribution < -0.4 is 11.1 Å². The molecule has 0 saturated carbocycles. The maximum absolute atomic E-state index is 12.0. The van der Waals surface area contributed by atoms with Crippen molar-refractivity contribution in [2.75, 3.05) is 26.8 Å². The summed E-state index contributed by atoms with van der Waals surface area (Å²) in [5.74, 6) is 5.87. The first-order chi connectivity index (χ1) is 9.17. The number of carbonyl (C=O) groups is 1. The second-order valence-corrected chi connectivity index (χ2v) is 4.36. The lowest BCUT2D eigenvalue weighted by Crippen LogP contribution is -2.29. The first-order valence-electron chi connectivity index (χ1n) is 6.23. The van der Waals surface area contributed by atoms with Crippen LogP contribution in [-0.4, -0.2) is 32.7 Å². The molecule has 102 valence electrons. The van der Waals surface area contributed by atoms with Gasteiger partial charge >= 0.3 is 0 Å². The Balaban J connectivity index is 2.61. The van der Waals surface area contributed by atoms with E-state index in [1.165, 1.54) is 0 Å². The maximum Gasteiger partial charge on any atom is 0.251 e. The van der Waals surface area contributed by atoms with Crippen molar-refractivity contribution in [3.63, 3.8) is 0 Å². The Morgan fingerprint density at radius 2 is 2.32 bits per heavy atom. The molecule has 4 nitrogen and oxygen atoms in total. The lowest BCUT2D eigenvalue weighted by atomic mass is 10.1. The second-order valence-electron chi connectivity index (χ2n) is 4.36. The van der Waals surface area contributed by atoms with Crippen LogP contribution in [0.3, 0.4) is 0 Å². The van der Waals surface area contributed by atoms with E-state index in [2.05, 4.69) is 17.2 Å². The topological polar surface area (TPSA) is 64.3 Å². The van der Waals surface area contributed by atoms with E-state index in [9.17, 15) is 4.79 Å². The van der Waals surface area contributed by atoms with Crippen LogP contribution in [0.15, 0.2) is 24.3 Å². The summed E-state index contributed by atoms with van der Waals surface area (Å²) in [5, 5.41) is 2.88. The smallest absolute Gasteiger partial charge is 0.251 e.